The average Bonchev–Trinajstić information content (AvgIpc) is 3.37. The van der Waals surface area contributed by atoms with Gasteiger partial charge in [0, 0.05) is 18.7 Å². The topological polar surface area (TPSA) is 114 Å². The van der Waals surface area contributed by atoms with Gasteiger partial charge in [0.25, 0.3) is 0 Å². The van der Waals surface area contributed by atoms with Crippen molar-refractivity contribution in [1.82, 2.24) is 10.2 Å². The van der Waals surface area contributed by atoms with Crippen molar-refractivity contribution in [3.05, 3.63) is 48.0 Å². The highest BCUT2D eigenvalue weighted by Gasteiger charge is 2.32. The molecule has 37 heavy (non-hydrogen) atoms. The molecular weight excluding hydrogens is 498 g/mol. The highest BCUT2D eigenvalue weighted by molar-refractivity contribution is 7.92. The normalized spacial score (nSPS) is 14.0. The van der Waals surface area contributed by atoms with E-state index in [4.69, 9.17) is 14.2 Å². The Morgan fingerprint density at radius 3 is 2.35 bits per heavy atom. The second-order valence-electron chi connectivity index (χ2n) is 8.81. The zero-order chi connectivity index (χ0) is 27.2. The zero-order valence-corrected chi connectivity index (χ0v) is 22.7. The molecule has 11 heteroatoms. The van der Waals surface area contributed by atoms with Crippen LogP contribution in [0.3, 0.4) is 0 Å². The summed E-state index contributed by atoms with van der Waals surface area (Å²) in [5.41, 5.74) is 1.05. The molecule has 1 N–H and O–H groups in total. The molecule has 0 saturated heterocycles. The van der Waals surface area contributed by atoms with E-state index in [0.29, 0.717) is 17.2 Å². The van der Waals surface area contributed by atoms with Crippen molar-refractivity contribution >= 4 is 27.5 Å². The van der Waals surface area contributed by atoms with Crippen molar-refractivity contribution in [2.45, 2.75) is 52.7 Å². The van der Waals surface area contributed by atoms with E-state index in [1.165, 1.54) is 17.9 Å². The molecule has 2 atom stereocenters. The van der Waals surface area contributed by atoms with E-state index in [2.05, 4.69) is 5.32 Å². The van der Waals surface area contributed by atoms with Gasteiger partial charge in [-0.05, 0) is 57.0 Å². The number of benzene rings is 2. The number of methoxy groups -OCH3 is 1. The van der Waals surface area contributed by atoms with Gasteiger partial charge in [-0.25, -0.2) is 8.42 Å². The van der Waals surface area contributed by atoms with E-state index in [1.54, 1.807) is 50.4 Å². The van der Waals surface area contributed by atoms with Crippen LogP contribution in [-0.4, -0.2) is 63.4 Å². The van der Waals surface area contributed by atoms with Crippen LogP contribution in [0.2, 0.25) is 0 Å². The molecular formula is C26H35N3O7S. The fourth-order valence-corrected chi connectivity index (χ4v) is 4.79. The Hall–Kier alpha value is -3.47. The van der Waals surface area contributed by atoms with Gasteiger partial charge in [-0.15, -0.1) is 0 Å². The molecule has 0 aliphatic carbocycles. The van der Waals surface area contributed by atoms with E-state index >= 15 is 0 Å². The van der Waals surface area contributed by atoms with E-state index < -0.39 is 28.5 Å². The van der Waals surface area contributed by atoms with Crippen LogP contribution < -0.4 is 23.8 Å². The van der Waals surface area contributed by atoms with Crippen LogP contribution in [0.1, 0.15) is 39.7 Å². The van der Waals surface area contributed by atoms with Crippen LogP contribution in [0.5, 0.6) is 17.2 Å². The number of nitrogens with zero attached hydrogens (tertiary/aromatic N) is 2. The molecule has 1 heterocycles. The summed E-state index contributed by atoms with van der Waals surface area (Å²) in [5, 5.41) is 2.91. The Labute approximate surface area is 218 Å². The van der Waals surface area contributed by atoms with Gasteiger partial charge in [0.1, 0.15) is 18.3 Å². The van der Waals surface area contributed by atoms with Crippen LogP contribution in [0, 0.1) is 0 Å². The summed E-state index contributed by atoms with van der Waals surface area (Å²) < 4.78 is 43.1. The summed E-state index contributed by atoms with van der Waals surface area (Å²) in [6.45, 7) is 6.66. The van der Waals surface area contributed by atoms with Gasteiger partial charge < -0.3 is 24.4 Å². The predicted octanol–water partition coefficient (Wildman–Crippen LogP) is 2.91. The lowest BCUT2D eigenvalue weighted by molar-refractivity contribution is -0.139. The number of hydrogen-bond acceptors (Lipinski definition) is 7. The van der Waals surface area contributed by atoms with E-state index in [0.717, 1.165) is 16.3 Å². The number of carbonyl (C=O) groups excluding carboxylic acids is 2. The van der Waals surface area contributed by atoms with E-state index in [-0.39, 0.29) is 36.7 Å². The maximum Gasteiger partial charge on any atom is 0.244 e. The fraction of sp³-hybridized carbons (Fsp3) is 0.462. The quantitative estimate of drug-likeness (QED) is 0.446. The van der Waals surface area contributed by atoms with Gasteiger partial charge in [-0.3, -0.25) is 13.9 Å². The largest absolute Gasteiger partial charge is 0.497 e. The van der Waals surface area contributed by atoms with Crippen molar-refractivity contribution in [2.24, 2.45) is 0 Å². The van der Waals surface area contributed by atoms with Gasteiger partial charge in [0.05, 0.1) is 18.6 Å². The molecule has 2 aromatic carbocycles. The molecule has 3 rings (SSSR count). The number of anilines is 1. The maximum absolute atomic E-state index is 13.7. The van der Waals surface area contributed by atoms with Crippen molar-refractivity contribution in [2.75, 3.05) is 30.5 Å². The van der Waals surface area contributed by atoms with Gasteiger partial charge in [0.15, 0.2) is 11.5 Å². The van der Waals surface area contributed by atoms with Crippen LogP contribution in [0.25, 0.3) is 0 Å². The van der Waals surface area contributed by atoms with Gasteiger partial charge in [-0.2, -0.15) is 0 Å². The Balaban J connectivity index is 1.93. The fourth-order valence-electron chi connectivity index (χ4n) is 3.74. The standard InChI is InChI=1S/C26H35N3O7S/c1-6-18(3)27-26(31)19(4)28(15-20-8-11-22(34-5)12-9-20)25(30)16-29(37(32,33)7-2)21-10-13-23-24(14-21)36-17-35-23/h8-14,18-19H,6-7,15-17H2,1-5H3,(H,27,31)/t18-,19+/m0/s1. The molecule has 202 valence electrons. The molecule has 1 aliphatic heterocycles. The molecule has 0 bridgehead atoms. The molecule has 2 amide bonds. The minimum atomic E-state index is -3.84. The third-order valence-electron chi connectivity index (χ3n) is 6.30. The molecule has 0 saturated carbocycles. The lowest BCUT2D eigenvalue weighted by Crippen LogP contribution is -2.52. The minimum absolute atomic E-state index is 0.0384. The second kappa shape index (κ2) is 12.2. The SMILES string of the molecule is CC[C@H](C)NC(=O)[C@@H](C)N(Cc1ccc(OC)cc1)C(=O)CN(c1ccc2c(c1)OCO2)S(=O)(=O)CC. The predicted molar refractivity (Wildman–Crippen MR) is 140 cm³/mol. The monoisotopic (exact) mass is 533 g/mol. The third-order valence-corrected chi connectivity index (χ3v) is 8.04. The highest BCUT2D eigenvalue weighted by Crippen LogP contribution is 2.36. The Morgan fingerprint density at radius 1 is 1.05 bits per heavy atom. The number of nitrogens with one attached hydrogen (secondary N) is 1. The first-order valence-electron chi connectivity index (χ1n) is 12.2. The van der Waals surface area contributed by atoms with Gasteiger partial charge in [-0.1, -0.05) is 19.1 Å². The highest BCUT2D eigenvalue weighted by atomic mass is 32.2. The molecule has 1 aliphatic rings. The molecule has 0 fully saturated rings. The second-order valence-corrected chi connectivity index (χ2v) is 11.0. The smallest absolute Gasteiger partial charge is 0.244 e. The molecule has 0 unspecified atom stereocenters. The molecule has 10 nitrogen and oxygen atoms in total. The van der Waals surface area contributed by atoms with Crippen molar-refractivity contribution in [1.29, 1.82) is 0 Å². The first kappa shape index (κ1) is 28.1. The Morgan fingerprint density at radius 2 is 1.73 bits per heavy atom. The van der Waals surface area contributed by atoms with Crippen LogP contribution in [0.15, 0.2) is 42.5 Å². The number of amides is 2. The minimum Gasteiger partial charge on any atom is -0.497 e. The number of rotatable bonds is 12. The number of fused-ring (bicyclic) bond motifs is 1. The molecule has 0 aromatic heterocycles. The molecule has 0 spiro atoms. The summed E-state index contributed by atoms with van der Waals surface area (Å²) in [7, 11) is -2.28. The lowest BCUT2D eigenvalue weighted by atomic mass is 10.1. The average molecular weight is 534 g/mol. The van der Waals surface area contributed by atoms with Gasteiger partial charge in [0.2, 0.25) is 28.6 Å². The number of carbonyl (C=O) groups is 2. The van der Waals surface area contributed by atoms with Crippen molar-refractivity contribution < 1.29 is 32.2 Å². The maximum atomic E-state index is 13.7. The van der Waals surface area contributed by atoms with Crippen LogP contribution >= 0.6 is 0 Å². The van der Waals surface area contributed by atoms with Gasteiger partial charge >= 0.3 is 0 Å². The van der Waals surface area contributed by atoms with Crippen molar-refractivity contribution in [3.8, 4) is 17.2 Å². The van der Waals surface area contributed by atoms with Crippen molar-refractivity contribution in [3.63, 3.8) is 0 Å². The Bertz CT molecular complexity index is 1200. The third kappa shape index (κ3) is 6.85. The number of ether oxygens (including phenoxy) is 3. The zero-order valence-electron chi connectivity index (χ0n) is 21.9. The summed E-state index contributed by atoms with van der Waals surface area (Å²) in [5.74, 6) is 0.517. The summed E-state index contributed by atoms with van der Waals surface area (Å²) in [6, 6.07) is 10.9. The number of hydrogen-bond donors (Lipinski definition) is 1. The summed E-state index contributed by atoms with van der Waals surface area (Å²) >= 11 is 0. The van der Waals surface area contributed by atoms with E-state index in [1.807, 2.05) is 13.8 Å². The van der Waals surface area contributed by atoms with Crippen LogP contribution in [-0.2, 0) is 26.2 Å². The number of sulfonamides is 1. The first-order valence-corrected chi connectivity index (χ1v) is 13.8. The lowest BCUT2D eigenvalue weighted by Gasteiger charge is -2.32. The molecule has 2 aromatic rings. The summed E-state index contributed by atoms with van der Waals surface area (Å²) in [6.07, 6.45) is 0.734. The molecule has 0 radical (unpaired) electrons. The van der Waals surface area contributed by atoms with Crippen LogP contribution in [0.4, 0.5) is 5.69 Å². The Kier molecular flexibility index (Phi) is 9.25. The van der Waals surface area contributed by atoms with E-state index in [9.17, 15) is 18.0 Å². The summed E-state index contributed by atoms with van der Waals surface area (Å²) in [4.78, 5) is 28.1. The first-order chi connectivity index (χ1) is 17.6.